The van der Waals surface area contributed by atoms with Crippen LogP contribution in [0.15, 0.2) is 36.4 Å². The summed E-state index contributed by atoms with van der Waals surface area (Å²) in [7, 11) is 3.66. The SMILES string of the molecule is CCc1nnc2ccc(NCC(c3cccc(C(F)(F)F)c3)N(C)C)nn12. The third-order valence-corrected chi connectivity index (χ3v) is 4.34. The standard InChI is InChI=1S/C18H21F3N6/c1-4-16-23-24-17-9-8-15(25-27(16)17)22-11-14(26(2)3)12-6-5-7-13(10-12)18(19,20)21/h5-10,14H,4,11H2,1-3H3,(H,22,25). The largest absolute Gasteiger partial charge is 0.416 e. The van der Waals surface area contributed by atoms with Crippen molar-refractivity contribution in [3.63, 3.8) is 0 Å². The molecule has 0 fully saturated rings. The topological polar surface area (TPSA) is 58.4 Å². The molecule has 0 saturated heterocycles. The molecular weight excluding hydrogens is 357 g/mol. The van der Waals surface area contributed by atoms with Crippen molar-refractivity contribution in [2.75, 3.05) is 26.0 Å². The smallest absolute Gasteiger partial charge is 0.367 e. The second-order valence-corrected chi connectivity index (χ2v) is 6.44. The molecule has 0 amide bonds. The molecule has 9 heteroatoms. The number of anilines is 1. The van der Waals surface area contributed by atoms with Crippen LogP contribution in [0.2, 0.25) is 0 Å². The minimum atomic E-state index is -4.36. The molecule has 0 aliphatic heterocycles. The van der Waals surface area contributed by atoms with Crippen molar-refractivity contribution < 1.29 is 13.2 Å². The molecule has 2 heterocycles. The van der Waals surface area contributed by atoms with E-state index in [0.29, 0.717) is 30.0 Å². The van der Waals surface area contributed by atoms with Gasteiger partial charge in [0.25, 0.3) is 0 Å². The Morgan fingerprint density at radius 1 is 1.15 bits per heavy atom. The first-order chi connectivity index (χ1) is 12.8. The number of hydrogen-bond donors (Lipinski definition) is 1. The predicted octanol–water partition coefficient (Wildman–Crippen LogP) is 3.42. The van der Waals surface area contributed by atoms with E-state index in [1.165, 1.54) is 12.1 Å². The van der Waals surface area contributed by atoms with E-state index in [1.54, 1.807) is 22.7 Å². The van der Waals surface area contributed by atoms with Crippen molar-refractivity contribution >= 4 is 11.5 Å². The van der Waals surface area contributed by atoms with E-state index in [4.69, 9.17) is 0 Å². The number of fused-ring (bicyclic) bond motifs is 1. The van der Waals surface area contributed by atoms with Crippen LogP contribution < -0.4 is 5.32 Å². The lowest BCUT2D eigenvalue weighted by molar-refractivity contribution is -0.137. The highest BCUT2D eigenvalue weighted by molar-refractivity contribution is 5.44. The van der Waals surface area contributed by atoms with Crippen molar-refractivity contribution in [1.82, 2.24) is 24.7 Å². The quantitative estimate of drug-likeness (QED) is 0.712. The van der Waals surface area contributed by atoms with Gasteiger partial charge in [-0.15, -0.1) is 15.3 Å². The Kier molecular flexibility index (Phi) is 5.31. The summed E-state index contributed by atoms with van der Waals surface area (Å²) in [6.07, 6.45) is -3.67. The molecule has 6 nitrogen and oxygen atoms in total. The van der Waals surface area contributed by atoms with Crippen molar-refractivity contribution in [3.05, 3.63) is 53.3 Å². The summed E-state index contributed by atoms with van der Waals surface area (Å²) in [6.45, 7) is 2.37. The molecular formula is C18H21F3N6. The van der Waals surface area contributed by atoms with Gasteiger partial charge in [-0.3, -0.25) is 0 Å². The van der Waals surface area contributed by atoms with Crippen molar-refractivity contribution in [1.29, 1.82) is 0 Å². The second kappa shape index (κ2) is 7.51. The van der Waals surface area contributed by atoms with Gasteiger partial charge in [-0.1, -0.05) is 19.1 Å². The zero-order valence-electron chi connectivity index (χ0n) is 15.3. The third-order valence-electron chi connectivity index (χ3n) is 4.34. The molecule has 1 atom stereocenters. The van der Waals surface area contributed by atoms with Crippen LogP contribution in [0.4, 0.5) is 19.0 Å². The van der Waals surface area contributed by atoms with Crippen LogP contribution in [-0.2, 0) is 12.6 Å². The first-order valence-electron chi connectivity index (χ1n) is 8.58. The highest BCUT2D eigenvalue weighted by Gasteiger charge is 2.31. The van der Waals surface area contributed by atoms with Gasteiger partial charge in [0.1, 0.15) is 5.82 Å². The maximum atomic E-state index is 13.0. The predicted molar refractivity (Wildman–Crippen MR) is 96.5 cm³/mol. The van der Waals surface area contributed by atoms with Crippen LogP contribution in [0.3, 0.4) is 0 Å². The summed E-state index contributed by atoms with van der Waals surface area (Å²) in [5, 5.41) is 15.8. The van der Waals surface area contributed by atoms with Gasteiger partial charge in [-0.2, -0.15) is 17.7 Å². The van der Waals surface area contributed by atoms with Crippen LogP contribution in [0, 0.1) is 0 Å². The Labute approximate surface area is 155 Å². The molecule has 2 aromatic heterocycles. The van der Waals surface area contributed by atoms with Crippen LogP contribution in [0.1, 0.15) is 29.9 Å². The Balaban J connectivity index is 1.81. The average Bonchev–Trinajstić information content (AvgIpc) is 3.03. The summed E-state index contributed by atoms with van der Waals surface area (Å²) >= 11 is 0. The molecule has 27 heavy (non-hydrogen) atoms. The minimum absolute atomic E-state index is 0.253. The summed E-state index contributed by atoms with van der Waals surface area (Å²) in [4.78, 5) is 1.87. The van der Waals surface area contributed by atoms with Gasteiger partial charge in [0.15, 0.2) is 11.5 Å². The lowest BCUT2D eigenvalue weighted by Crippen LogP contribution is -2.27. The maximum Gasteiger partial charge on any atom is 0.416 e. The monoisotopic (exact) mass is 378 g/mol. The minimum Gasteiger partial charge on any atom is -0.367 e. The van der Waals surface area contributed by atoms with Crippen LogP contribution in [-0.4, -0.2) is 45.4 Å². The van der Waals surface area contributed by atoms with Crippen molar-refractivity contribution in [2.45, 2.75) is 25.6 Å². The molecule has 0 bridgehead atoms. The Morgan fingerprint density at radius 2 is 1.93 bits per heavy atom. The third kappa shape index (κ3) is 4.19. The van der Waals surface area contributed by atoms with E-state index in [0.717, 1.165) is 11.9 Å². The number of nitrogens with one attached hydrogen (secondary N) is 1. The van der Waals surface area contributed by atoms with Gasteiger partial charge in [0.05, 0.1) is 11.6 Å². The summed E-state index contributed by atoms with van der Waals surface area (Å²) < 4.78 is 40.7. The van der Waals surface area contributed by atoms with E-state index < -0.39 is 11.7 Å². The van der Waals surface area contributed by atoms with E-state index in [9.17, 15) is 13.2 Å². The maximum absolute atomic E-state index is 13.0. The molecule has 0 saturated carbocycles. The number of nitrogens with zero attached hydrogens (tertiary/aromatic N) is 5. The lowest BCUT2D eigenvalue weighted by Gasteiger charge is -2.26. The fraction of sp³-hybridized carbons (Fsp3) is 0.389. The molecule has 0 spiro atoms. The molecule has 0 aliphatic carbocycles. The van der Waals surface area contributed by atoms with E-state index in [2.05, 4.69) is 20.6 Å². The number of likely N-dealkylation sites (N-methyl/N-ethyl adjacent to an activating group) is 1. The number of hydrogen-bond acceptors (Lipinski definition) is 5. The Hall–Kier alpha value is -2.68. The van der Waals surface area contributed by atoms with Gasteiger partial charge in [0, 0.05) is 13.0 Å². The Morgan fingerprint density at radius 3 is 2.59 bits per heavy atom. The molecule has 1 unspecified atom stereocenters. The van der Waals surface area contributed by atoms with E-state index in [1.807, 2.05) is 25.9 Å². The van der Waals surface area contributed by atoms with Gasteiger partial charge in [-0.25, -0.2) is 0 Å². The number of halogens is 3. The first-order valence-corrected chi connectivity index (χ1v) is 8.58. The number of alkyl halides is 3. The van der Waals surface area contributed by atoms with Gasteiger partial charge < -0.3 is 10.2 Å². The molecule has 1 aromatic carbocycles. The highest BCUT2D eigenvalue weighted by atomic mass is 19.4. The van der Waals surface area contributed by atoms with Crippen LogP contribution in [0.25, 0.3) is 5.65 Å². The number of aryl methyl sites for hydroxylation is 1. The fourth-order valence-electron chi connectivity index (χ4n) is 2.87. The lowest BCUT2D eigenvalue weighted by atomic mass is 10.0. The van der Waals surface area contributed by atoms with E-state index >= 15 is 0 Å². The average molecular weight is 378 g/mol. The van der Waals surface area contributed by atoms with Gasteiger partial charge in [0.2, 0.25) is 0 Å². The normalized spacial score (nSPS) is 13.3. The van der Waals surface area contributed by atoms with E-state index in [-0.39, 0.29) is 6.04 Å². The fourth-order valence-corrected chi connectivity index (χ4v) is 2.87. The Bertz CT molecular complexity index is 919. The summed E-state index contributed by atoms with van der Waals surface area (Å²) in [5.74, 6) is 1.35. The number of aromatic nitrogens is 4. The zero-order chi connectivity index (χ0) is 19.6. The van der Waals surface area contributed by atoms with Gasteiger partial charge >= 0.3 is 6.18 Å². The van der Waals surface area contributed by atoms with Crippen LogP contribution >= 0.6 is 0 Å². The van der Waals surface area contributed by atoms with Crippen LogP contribution in [0.5, 0.6) is 0 Å². The molecule has 3 rings (SSSR count). The summed E-state index contributed by atoms with van der Waals surface area (Å²) in [6, 6.07) is 8.74. The van der Waals surface area contributed by atoms with Crippen molar-refractivity contribution in [2.24, 2.45) is 0 Å². The molecule has 3 aromatic rings. The van der Waals surface area contributed by atoms with Crippen molar-refractivity contribution in [3.8, 4) is 0 Å². The second-order valence-electron chi connectivity index (χ2n) is 6.44. The zero-order valence-corrected chi connectivity index (χ0v) is 15.3. The first kappa shape index (κ1) is 19.1. The number of benzene rings is 1. The molecule has 1 N–H and O–H groups in total. The highest BCUT2D eigenvalue weighted by Crippen LogP contribution is 2.31. The molecule has 144 valence electrons. The molecule has 0 radical (unpaired) electrons. The number of rotatable bonds is 6. The summed E-state index contributed by atoms with van der Waals surface area (Å²) in [5.41, 5.74) is 0.588. The molecule has 0 aliphatic rings. The van der Waals surface area contributed by atoms with Gasteiger partial charge in [-0.05, 0) is 43.9 Å².